The van der Waals surface area contributed by atoms with Gasteiger partial charge in [0.05, 0.1) is 12.2 Å². The maximum Gasteiger partial charge on any atom is 0.257 e. The molecule has 0 bridgehead atoms. The molecule has 1 saturated carbocycles. The number of nitrogens with two attached hydrogens (primary N) is 1. The van der Waals surface area contributed by atoms with E-state index in [0.29, 0.717) is 23.9 Å². The van der Waals surface area contributed by atoms with Crippen LogP contribution in [0.1, 0.15) is 36.5 Å². The summed E-state index contributed by atoms with van der Waals surface area (Å²) in [5, 5.41) is 0. The van der Waals surface area contributed by atoms with Crippen molar-refractivity contribution >= 4 is 5.91 Å². The molecule has 2 fully saturated rings. The third kappa shape index (κ3) is 3.21. The number of ether oxygens (including phenoxy) is 1. The zero-order valence-electron chi connectivity index (χ0n) is 12.6. The fraction of sp³-hybridized carbons (Fsp3) is 0.588. The van der Waals surface area contributed by atoms with Gasteiger partial charge in [-0.15, -0.1) is 0 Å². The number of rotatable bonds is 5. The zero-order chi connectivity index (χ0) is 14.8. The van der Waals surface area contributed by atoms with Gasteiger partial charge in [-0.05, 0) is 56.7 Å². The lowest BCUT2D eigenvalue weighted by Crippen LogP contribution is -2.34. The fourth-order valence-corrected chi connectivity index (χ4v) is 3.01. The Morgan fingerprint density at radius 1 is 1.33 bits per heavy atom. The van der Waals surface area contributed by atoms with E-state index in [2.05, 4.69) is 6.92 Å². The molecule has 3 rings (SSSR count). The third-order valence-electron chi connectivity index (χ3n) is 4.54. The van der Waals surface area contributed by atoms with Crippen LogP contribution in [0.2, 0.25) is 0 Å². The van der Waals surface area contributed by atoms with Crippen LogP contribution in [0.25, 0.3) is 0 Å². The third-order valence-corrected chi connectivity index (χ3v) is 4.54. The molecule has 2 unspecified atom stereocenters. The monoisotopic (exact) mass is 288 g/mol. The van der Waals surface area contributed by atoms with Crippen LogP contribution in [0.5, 0.6) is 5.75 Å². The van der Waals surface area contributed by atoms with Crippen molar-refractivity contribution in [1.29, 1.82) is 0 Å². The lowest BCUT2D eigenvalue weighted by Gasteiger charge is -2.23. The van der Waals surface area contributed by atoms with Crippen LogP contribution in [0.4, 0.5) is 0 Å². The molecular formula is C17H24N2O2. The molecule has 1 heterocycles. The van der Waals surface area contributed by atoms with Crippen molar-refractivity contribution < 1.29 is 9.53 Å². The average molecular weight is 288 g/mol. The van der Waals surface area contributed by atoms with Gasteiger partial charge in [-0.1, -0.05) is 12.1 Å². The van der Waals surface area contributed by atoms with Crippen LogP contribution in [-0.4, -0.2) is 36.5 Å². The van der Waals surface area contributed by atoms with Crippen molar-refractivity contribution in [3.8, 4) is 5.75 Å². The number of carbonyl (C=O) groups is 1. The Hall–Kier alpha value is -1.55. The van der Waals surface area contributed by atoms with Crippen LogP contribution in [0.3, 0.4) is 0 Å². The van der Waals surface area contributed by atoms with Gasteiger partial charge in [-0.25, -0.2) is 0 Å². The van der Waals surface area contributed by atoms with Crippen LogP contribution >= 0.6 is 0 Å². The number of carbonyl (C=O) groups excluding carboxylic acids is 1. The minimum Gasteiger partial charge on any atom is -0.492 e. The second-order valence-electron chi connectivity index (χ2n) is 6.39. The number of hydrogen-bond acceptors (Lipinski definition) is 3. The first-order chi connectivity index (χ1) is 10.2. The number of amides is 1. The molecule has 2 aliphatic rings. The van der Waals surface area contributed by atoms with Gasteiger partial charge in [0, 0.05) is 12.6 Å². The van der Waals surface area contributed by atoms with Crippen molar-refractivity contribution in [3.63, 3.8) is 0 Å². The summed E-state index contributed by atoms with van der Waals surface area (Å²) in [4.78, 5) is 14.7. The summed E-state index contributed by atoms with van der Waals surface area (Å²) in [6.07, 6.45) is 3.49. The Morgan fingerprint density at radius 3 is 2.76 bits per heavy atom. The fourth-order valence-electron chi connectivity index (χ4n) is 3.01. The number of hydrogen-bond donors (Lipinski definition) is 1. The van der Waals surface area contributed by atoms with Crippen molar-refractivity contribution in [2.24, 2.45) is 17.6 Å². The van der Waals surface area contributed by atoms with E-state index in [1.54, 1.807) is 0 Å². The van der Waals surface area contributed by atoms with E-state index in [4.69, 9.17) is 10.5 Å². The summed E-state index contributed by atoms with van der Waals surface area (Å²) in [5.41, 5.74) is 6.44. The smallest absolute Gasteiger partial charge is 0.257 e. The Kier molecular flexibility index (Phi) is 4.15. The predicted molar refractivity (Wildman–Crippen MR) is 82.3 cm³/mol. The topological polar surface area (TPSA) is 55.6 Å². The molecule has 21 heavy (non-hydrogen) atoms. The lowest BCUT2D eigenvalue weighted by molar-refractivity contribution is 0.0738. The molecular weight excluding hydrogens is 264 g/mol. The first-order valence-corrected chi connectivity index (χ1v) is 7.92. The van der Waals surface area contributed by atoms with E-state index in [-0.39, 0.29) is 11.9 Å². The number of benzene rings is 1. The molecule has 4 nitrogen and oxygen atoms in total. The van der Waals surface area contributed by atoms with E-state index in [9.17, 15) is 4.79 Å². The summed E-state index contributed by atoms with van der Waals surface area (Å²) in [6, 6.07) is 7.85. The maximum atomic E-state index is 12.8. The molecule has 1 aliphatic carbocycles. The molecule has 0 radical (unpaired) electrons. The molecule has 0 spiro atoms. The number of nitrogens with zero attached hydrogens (tertiary/aromatic N) is 1. The zero-order valence-corrected chi connectivity index (χ0v) is 12.6. The number of likely N-dealkylation sites (tertiary alicyclic amines) is 1. The normalized spacial score (nSPS) is 25.1. The summed E-state index contributed by atoms with van der Waals surface area (Å²) < 4.78 is 5.86. The predicted octanol–water partition coefficient (Wildman–Crippen LogP) is 2.28. The Morgan fingerprint density at radius 2 is 2.10 bits per heavy atom. The van der Waals surface area contributed by atoms with Crippen molar-refractivity contribution in [3.05, 3.63) is 29.8 Å². The van der Waals surface area contributed by atoms with Crippen LogP contribution in [0, 0.1) is 11.8 Å². The Bertz CT molecular complexity index is 513. The van der Waals surface area contributed by atoms with Gasteiger partial charge in [0.1, 0.15) is 5.75 Å². The molecule has 2 atom stereocenters. The van der Waals surface area contributed by atoms with Crippen LogP contribution in [0.15, 0.2) is 24.3 Å². The highest BCUT2D eigenvalue weighted by Gasteiger charge is 2.33. The van der Waals surface area contributed by atoms with E-state index in [1.807, 2.05) is 29.2 Å². The summed E-state index contributed by atoms with van der Waals surface area (Å²) in [6.45, 7) is 4.23. The molecule has 1 amide bonds. The second-order valence-corrected chi connectivity index (χ2v) is 6.39. The van der Waals surface area contributed by atoms with Gasteiger partial charge in [0.2, 0.25) is 0 Å². The molecule has 1 saturated heterocycles. The highest BCUT2D eigenvalue weighted by Crippen LogP contribution is 2.31. The van der Waals surface area contributed by atoms with Gasteiger partial charge in [-0.3, -0.25) is 4.79 Å². The summed E-state index contributed by atoms with van der Waals surface area (Å²) in [5.74, 6) is 1.90. The standard InChI is InChI=1S/C17H24N2O2/c1-12-8-14(9-18)10-19(12)17(20)15-4-2-3-5-16(15)21-11-13-6-7-13/h2-5,12-14H,6-11,18H2,1H3. The molecule has 2 N–H and O–H groups in total. The average Bonchev–Trinajstić information content (AvgIpc) is 3.26. The van der Waals surface area contributed by atoms with Crippen LogP contribution < -0.4 is 10.5 Å². The molecule has 114 valence electrons. The first-order valence-electron chi connectivity index (χ1n) is 7.92. The Balaban J connectivity index is 1.74. The largest absolute Gasteiger partial charge is 0.492 e. The molecule has 4 heteroatoms. The quantitative estimate of drug-likeness (QED) is 0.904. The van der Waals surface area contributed by atoms with E-state index in [1.165, 1.54) is 12.8 Å². The first kappa shape index (κ1) is 14.4. The lowest BCUT2D eigenvalue weighted by atomic mass is 10.1. The Labute approximate surface area is 126 Å². The number of para-hydroxylation sites is 1. The molecule has 1 aliphatic heterocycles. The molecule has 1 aromatic rings. The van der Waals surface area contributed by atoms with Gasteiger partial charge in [0.25, 0.3) is 5.91 Å². The van der Waals surface area contributed by atoms with Crippen molar-refractivity contribution in [1.82, 2.24) is 4.90 Å². The molecule has 0 aromatic heterocycles. The van der Waals surface area contributed by atoms with Crippen molar-refractivity contribution in [2.75, 3.05) is 19.7 Å². The SMILES string of the molecule is CC1CC(CN)CN1C(=O)c1ccccc1OCC1CC1. The van der Waals surface area contributed by atoms with Gasteiger partial charge in [-0.2, -0.15) is 0 Å². The van der Waals surface area contributed by atoms with E-state index < -0.39 is 0 Å². The van der Waals surface area contributed by atoms with E-state index >= 15 is 0 Å². The van der Waals surface area contributed by atoms with Gasteiger partial charge in [0.15, 0.2) is 0 Å². The minimum absolute atomic E-state index is 0.0739. The molecule has 1 aromatic carbocycles. The van der Waals surface area contributed by atoms with Gasteiger partial charge >= 0.3 is 0 Å². The van der Waals surface area contributed by atoms with Crippen molar-refractivity contribution in [2.45, 2.75) is 32.2 Å². The van der Waals surface area contributed by atoms with E-state index in [0.717, 1.165) is 25.3 Å². The van der Waals surface area contributed by atoms with Crippen LogP contribution in [-0.2, 0) is 0 Å². The highest BCUT2D eigenvalue weighted by atomic mass is 16.5. The van der Waals surface area contributed by atoms with Gasteiger partial charge < -0.3 is 15.4 Å². The second kappa shape index (κ2) is 6.06. The summed E-state index contributed by atoms with van der Waals surface area (Å²) in [7, 11) is 0. The summed E-state index contributed by atoms with van der Waals surface area (Å²) >= 11 is 0. The minimum atomic E-state index is 0.0739. The highest BCUT2D eigenvalue weighted by molar-refractivity contribution is 5.97. The maximum absolute atomic E-state index is 12.8.